The number of anilines is 3. The molecule has 284 valence electrons. The molecule has 0 aliphatic rings. The number of rotatable bonds is 6. The Kier molecular flexibility index (Phi) is 8.25. The smallest absolute Gasteiger partial charge is 0.0540 e. The lowest BCUT2D eigenvalue weighted by molar-refractivity contribution is 1.30. The van der Waals surface area contributed by atoms with Crippen molar-refractivity contribution in [2.24, 2.45) is 0 Å². The highest BCUT2D eigenvalue weighted by Crippen LogP contribution is 2.48. The first-order valence-corrected chi connectivity index (χ1v) is 21.1. The summed E-state index contributed by atoms with van der Waals surface area (Å²) < 4.78 is 0. The molecule has 0 bridgehead atoms. The van der Waals surface area contributed by atoms with Gasteiger partial charge in [0.1, 0.15) is 0 Å². The molecule has 12 aromatic carbocycles. The van der Waals surface area contributed by atoms with Crippen LogP contribution in [0.5, 0.6) is 0 Å². The molecule has 0 aliphatic heterocycles. The molecule has 0 spiro atoms. The number of fused-ring (bicyclic) bond motifs is 9. The van der Waals surface area contributed by atoms with Gasteiger partial charge < -0.3 is 4.90 Å². The van der Waals surface area contributed by atoms with Crippen molar-refractivity contribution >= 4 is 81.7 Å². The van der Waals surface area contributed by atoms with Crippen LogP contribution in [0.3, 0.4) is 0 Å². The van der Waals surface area contributed by atoms with Gasteiger partial charge in [0.2, 0.25) is 0 Å². The summed E-state index contributed by atoms with van der Waals surface area (Å²) >= 11 is 0. The van der Waals surface area contributed by atoms with Gasteiger partial charge in [0, 0.05) is 16.8 Å². The van der Waals surface area contributed by atoms with Crippen LogP contribution in [0.25, 0.3) is 98.0 Å². The summed E-state index contributed by atoms with van der Waals surface area (Å²) in [6, 6.07) is 86.9. The maximum Gasteiger partial charge on any atom is 0.0540 e. The van der Waals surface area contributed by atoms with Crippen LogP contribution in [0.1, 0.15) is 0 Å². The Morgan fingerprint density at radius 1 is 0.230 bits per heavy atom. The van der Waals surface area contributed by atoms with Crippen molar-refractivity contribution in [1.82, 2.24) is 0 Å². The second kappa shape index (κ2) is 14.4. The molecule has 0 aromatic heterocycles. The summed E-state index contributed by atoms with van der Waals surface area (Å²) in [5.41, 5.74) is 10.7. The van der Waals surface area contributed by atoms with Crippen LogP contribution in [0.2, 0.25) is 0 Å². The van der Waals surface area contributed by atoms with Crippen LogP contribution in [-0.2, 0) is 0 Å². The monoisotopic (exact) mass is 773 g/mol. The summed E-state index contributed by atoms with van der Waals surface area (Å²) in [5, 5.41) is 15.0. The summed E-state index contributed by atoms with van der Waals surface area (Å²) in [7, 11) is 0. The zero-order valence-corrected chi connectivity index (χ0v) is 33.5. The van der Waals surface area contributed by atoms with Gasteiger partial charge in [0.05, 0.1) is 5.69 Å². The standard InChI is InChI=1S/C60H39N/c1-3-17-42(18-4-1)59-55-27-14-13-25-51(55)53-37-35-46(39-57(53)60(59)43-19-5-2-6-20-43)61(58-29-15-28-50-47-22-9-7-16-40(47)32-36-54(50)58)45-33-30-41(31-34-45)56-38-44-21-8-10-23-48(44)49-24-11-12-26-52(49)56/h1-39H. The number of hydrogen-bond donors (Lipinski definition) is 0. The van der Waals surface area contributed by atoms with E-state index in [-0.39, 0.29) is 0 Å². The lowest BCUT2D eigenvalue weighted by Crippen LogP contribution is -2.10. The molecule has 0 aliphatic carbocycles. The highest BCUT2D eigenvalue weighted by molar-refractivity contribution is 6.23. The Morgan fingerprint density at radius 3 is 1.41 bits per heavy atom. The number of nitrogens with zero attached hydrogens (tertiary/aromatic N) is 1. The fraction of sp³-hybridized carbons (Fsp3) is 0. The Morgan fingerprint density at radius 2 is 0.705 bits per heavy atom. The van der Waals surface area contributed by atoms with Crippen LogP contribution in [0.4, 0.5) is 17.1 Å². The van der Waals surface area contributed by atoms with Gasteiger partial charge in [-0.1, -0.05) is 200 Å². The SMILES string of the molecule is c1ccc(-c2c(-c3ccccc3)c3cc(N(c4ccc(-c5cc6ccccc6c6ccccc56)cc4)c4cccc5c4ccc4ccccc45)ccc3c3ccccc23)cc1. The molecule has 0 unspecified atom stereocenters. The predicted molar refractivity (Wildman–Crippen MR) is 262 cm³/mol. The lowest BCUT2D eigenvalue weighted by Gasteiger charge is -2.28. The summed E-state index contributed by atoms with van der Waals surface area (Å²) in [5.74, 6) is 0. The lowest BCUT2D eigenvalue weighted by atomic mass is 9.85. The van der Waals surface area contributed by atoms with Gasteiger partial charge in [-0.15, -0.1) is 0 Å². The average Bonchev–Trinajstić information content (AvgIpc) is 3.34. The van der Waals surface area contributed by atoms with E-state index < -0.39 is 0 Å². The van der Waals surface area contributed by atoms with E-state index >= 15 is 0 Å². The van der Waals surface area contributed by atoms with Crippen LogP contribution < -0.4 is 4.90 Å². The third-order valence-electron chi connectivity index (χ3n) is 12.6. The minimum Gasteiger partial charge on any atom is -0.310 e. The van der Waals surface area contributed by atoms with Gasteiger partial charge >= 0.3 is 0 Å². The molecular formula is C60H39N. The van der Waals surface area contributed by atoms with Gasteiger partial charge in [-0.3, -0.25) is 0 Å². The van der Waals surface area contributed by atoms with Crippen molar-refractivity contribution in [3.8, 4) is 33.4 Å². The molecule has 12 aromatic rings. The molecular weight excluding hydrogens is 735 g/mol. The van der Waals surface area contributed by atoms with Crippen molar-refractivity contribution in [1.29, 1.82) is 0 Å². The van der Waals surface area contributed by atoms with E-state index in [0.717, 1.165) is 17.1 Å². The molecule has 1 heteroatoms. The van der Waals surface area contributed by atoms with E-state index in [1.165, 1.54) is 98.0 Å². The summed E-state index contributed by atoms with van der Waals surface area (Å²) in [4.78, 5) is 2.46. The van der Waals surface area contributed by atoms with E-state index in [4.69, 9.17) is 0 Å². The van der Waals surface area contributed by atoms with Crippen molar-refractivity contribution in [2.75, 3.05) is 4.90 Å². The number of benzene rings is 12. The van der Waals surface area contributed by atoms with Crippen LogP contribution >= 0.6 is 0 Å². The predicted octanol–water partition coefficient (Wildman–Crippen LogP) is 17.1. The Labute approximate surface area is 355 Å². The molecule has 0 saturated carbocycles. The molecule has 1 nitrogen and oxygen atoms in total. The van der Waals surface area contributed by atoms with Gasteiger partial charge in [0.15, 0.2) is 0 Å². The molecule has 12 rings (SSSR count). The van der Waals surface area contributed by atoms with Crippen LogP contribution in [0.15, 0.2) is 237 Å². The molecule has 0 heterocycles. The van der Waals surface area contributed by atoms with E-state index in [9.17, 15) is 0 Å². The Bertz CT molecular complexity index is 3630. The molecule has 0 atom stereocenters. The molecule has 0 radical (unpaired) electrons. The largest absolute Gasteiger partial charge is 0.310 e. The van der Waals surface area contributed by atoms with E-state index in [2.05, 4.69) is 241 Å². The fourth-order valence-electron chi connectivity index (χ4n) is 9.86. The van der Waals surface area contributed by atoms with Gasteiger partial charge in [-0.2, -0.15) is 0 Å². The second-order valence-electron chi connectivity index (χ2n) is 16.0. The first kappa shape index (κ1) is 35.0. The van der Waals surface area contributed by atoms with E-state index in [1.807, 2.05) is 0 Å². The first-order valence-electron chi connectivity index (χ1n) is 21.1. The van der Waals surface area contributed by atoms with E-state index in [1.54, 1.807) is 0 Å². The zero-order valence-electron chi connectivity index (χ0n) is 33.5. The molecule has 0 N–H and O–H groups in total. The average molecular weight is 774 g/mol. The second-order valence-corrected chi connectivity index (χ2v) is 16.0. The third-order valence-corrected chi connectivity index (χ3v) is 12.6. The minimum absolute atomic E-state index is 1.10. The first-order chi connectivity index (χ1) is 30.3. The molecule has 0 fully saturated rings. The van der Waals surface area contributed by atoms with Crippen molar-refractivity contribution in [3.05, 3.63) is 237 Å². The third kappa shape index (κ3) is 5.78. The van der Waals surface area contributed by atoms with Crippen LogP contribution in [0, 0.1) is 0 Å². The zero-order chi connectivity index (χ0) is 40.3. The Balaban J connectivity index is 1.13. The highest BCUT2D eigenvalue weighted by Gasteiger charge is 2.22. The normalized spacial score (nSPS) is 11.6. The van der Waals surface area contributed by atoms with Gasteiger partial charge in [-0.05, 0) is 129 Å². The minimum atomic E-state index is 1.10. The summed E-state index contributed by atoms with van der Waals surface area (Å²) in [6.07, 6.45) is 0. The number of hydrogen-bond acceptors (Lipinski definition) is 1. The molecule has 0 amide bonds. The topological polar surface area (TPSA) is 3.24 Å². The quantitative estimate of drug-likeness (QED) is 0.152. The van der Waals surface area contributed by atoms with Crippen molar-refractivity contribution < 1.29 is 0 Å². The van der Waals surface area contributed by atoms with Gasteiger partial charge in [-0.25, -0.2) is 0 Å². The maximum atomic E-state index is 2.46. The van der Waals surface area contributed by atoms with E-state index in [0.29, 0.717) is 0 Å². The molecule has 0 saturated heterocycles. The van der Waals surface area contributed by atoms with Crippen molar-refractivity contribution in [3.63, 3.8) is 0 Å². The highest BCUT2D eigenvalue weighted by atomic mass is 15.1. The molecule has 61 heavy (non-hydrogen) atoms. The fourth-order valence-corrected chi connectivity index (χ4v) is 9.86. The Hall–Kier alpha value is -8.00. The van der Waals surface area contributed by atoms with Crippen molar-refractivity contribution in [2.45, 2.75) is 0 Å². The van der Waals surface area contributed by atoms with Crippen LogP contribution in [-0.4, -0.2) is 0 Å². The summed E-state index contributed by atoms with van der Waals surface area (Å²) in [6.45, 7) is 0. The maximum absolute atomic E-state index is 2.46. The van der Waals surface area contributed by atoms with Gasteiger partial charge in [0.25, 0.3) is 0 Å².